The van der Waals surface area contributed by atoms with Crippen LogP contribution in [0.25, 0.3) is 0 Å². The summed E-state index contributed by atoms with van der Waals surface area (Å²) in [5.74, 6) is 1.39. The molecule has 2 fully saturated rings. The van der Waals surface area contributed by atoms with E-state index in [9.17, 15) is 4.79 Å². The molecule has 4 heteroatoms. The maximum absolute atomic E-state index is 12.6. The minimum atomic E-state index is -0.535. The SMILES string of the molecule is CC1CC(C(=O)N(C)C(C)C2CC2)(C(N)=S)C1. The van der Waals surface area contributed by atoms with Crippen LogP contribution in [0.2, 0.25) is 0 Å². The Balaban J connectivity index is 2.09. The van der Waals surface area contributed by atoms with Crippen LogP contribution in [-0.2, 0) is 4.79 Å². The van der Waals surface area contributed by atoms with Crippen molar-refractivity contribution in [2.45, 2.75) is 45.6 Å². The van der Waals surface area contributed by atoms with Crippen LogP contribution < -0.4 is 5.73 Å². The third-order valence-electron chi connectivity index (χ3n) is 4.51. The van der Waals surface area contributed by atoms with E-state index in [0.717, 1.165) is 12.8 Å². The van der Waals surface area contributed by atoms with Crippen molar-refractivity contribution in [1.29, 1.82) is 0 Å². The number of nitrogens with two attached hydrogens (primary N) is 1. The molecular formula is C13H22N2OS. The van der Waals surface area contributed by atoms with Gasteiger partial charge in [0.25, 0.3) is 0 Å². The molecule has 0 heterocycles. The smallest absolute Gasteiger partial charge is 0.235 e. The highest BCUT2D eigenvalue weighted by Crippen LogP contribution is 2.48. The summed E-state index contributed by atoms with van der Waals surface area (Å²) in [6, 6.07) is 0.324. The van der Waals surface area contributed by atoms with Crippen molar-refractivity contribution in [1.82, 2.24) is 4.90 Å². The van der Waals surface area contributed by atoms with Gasteiger partial charge in [-0.2, -0.15) is 0 Å². The normalized spacial score (nSPS) is 33.7. The van der Waals surface area contributed by atoms with E-state index in [1.807, 2.05) is 11.9 Å². The zero-order chi connectivity index (χ0) is 12.8. The molecule has 1 atom stereocenters. The Kier molecular flexibility index (Phi) is 3.19. The lowest BCUT2D eigenvalue weighted by atomic mass is 9.61. The molecule has 0 aliphatic heterocycles. The molecule has 2 rings (SSSR count). The predicted octanol–water partition coefficient (Wildman–Crippen LogP) is 1.95. The Bertz CT molecular complexity index is 345. The van der Waals surface area contributed by atoms with Gasteiger partial charge in [0.05, 0.1) is 10.4 Å². The summed E-state index contributed by atoms with van der Waals surface area (Å²) in [7, 11) is 1.90. The first-order chi connectivity index (χ1) is 7.88. The Morgan fingerprint density at radius 1 is 1.47 bits per heavy atom. The number of thiocarbonyl (C=S) groups is 1. The monoisotopic (exact) mass is 254 g/mol. The van der Waals surface area contributed by atoms with Crippen LogP contribution in [0.1, 0.15) is 39.5 Å². The summed E-state index contributed by atoms with van der Waals surface area (Å²) >= 11 is 5.13. The summed E-state index contributed by atoms with van der Waals surface area (Å²) in [5.41, 5.74) is 5.27. The Morgan fingerprint density at radius 2 is 2.00 bits per heavy atom. The first kappa shape index (κ1) is 12.8. The highest BCUT2D eigenvalue weighted by molar-refractivity contribution is 7.80. The molecule has 0 aromatic carbocycles. The van der Waals surface area contributed by atoms with E-state index in [4.69, 9.17) is 18.0 Å². The number of amides is 1. The van der Waals surface area contributed by atoms with E-state index in [-0.39, 0.29) is 5.91 Å². The second kappa shape index (κ2) is 4.23. The van der Waals surface area contributed by atoms with Gasteiger partial charge in [0.2, 0.25) is 5.91 Å². The lowest BCUT2D eigenvalue weighted by Gasteiger charge is -2.47. The van der Waals surface area contributed by atoms with Crippen LogP contribution >= 0.6 is 12.2 Å². The fraction of sp³-hybridized carbons (Fsp3) is 0.846. The lowest BCUT2D eigenvalue weighted by molar-refractivity contribution is -0.145. The molecule has 1 amide bonds. The van der Waals surface area contributed by atoms with Crippen molar-refractivity contribution in [3.63, 3.8) is 0 Å². The summed E-state index contributed by atoms with van der Waals surface area (Å²) in [4.78, 5) is 14.8. The van der Waals surface area contributed by atoms with Crippen LogP contribution in [0, 0.1) is 17.3 Å². The summed E-state index contributed by atoms with van der Waals surface area (Å²) in [6.45, 7) is 4.28. The molecule has 2 N–H and O–H groups in total. The van der Waals surface area contributed by atoms with Crippen LogP contribution in [0.15, 0.2) is 0 Å². The molecule has 0 aromatic rings. The zero-order valence-electron chi connectivity index (χ0n) is 10.9. The third-order valence-corrected chi connectivity index (χ3v) is 4.90. The van der Waals surface area contributed by atoms with Crippen LogP contribution in [0.4, 0.5) is 0 Å². The first-order valence-corrected chi connectivity index (χ1v) is 6.86. The number of carbonyl (C=O) groups is 1. The number of carbonyl (C=O) groups excluding carboxylic acids is 1. The number of hydrogen-bond acceptors (Lipinski definition) is 2. The summed E-state index contributed by atoms with van der Waals surface area (Å²) in [6.07, 6.45) is 4.14. The summed E-state index contributed by atoms with van der Waals surface area (Å²) < 4.78 is 0. The van der Waals surface area contributed by atoms with Crippen molar-refractivity contribution < 1.29 is 4.79 Å². The molecule has 0 radical (unpaired) electrons. The standard InChI is InChI=1S/C13H22N2OS/c1-8-6-13(7-8,11(14)17)12(16)15(3)9(2)10-4-5-10/h8-10H,4-7H2,1-3H3,(H2,14,17). The fourth-order valence-electron chi connectivity index (χ4n) is 3.03. The molecule has 2 aliphatic carbocycles. The average Bonchev–Trinajstić information content (AvgIpc) is 3.04. The molecule has 96 valence electrons. The van der Waals surface area contributed by atoms with E-state index < -0.39 is 5.41 Å². The molecule has 2 aliphatic rings. The molecule has 0 spiro atoms. The molecule has 0 aromatic heterocycles. The third kappa shape index (κ3) is 2.07. The van der Waals surface area contributed by atoms with E-state index in [0.29, 0.717) is 22.9 Å². The van der Waals surface area contributed by atoms with E-state index >= 15 is 0 Å². The topological polar surface area (TPSA) is 46.3 Å². The molecule has 17 heavy (non-hydrogen) atoms. The minimum Gasteiger partial charge on any atom is -0.392 e. The average molecular weight is 254 g/mol. The van der Waals surface area contributed by atoms with Gasteiger partial charge >= 0.3 is 0 Å². The van der Waals surface area contributed by atoms with E-state index in [2.05, 4.69) is 13.8 Å². The van der Waals surface area contributed by atoms with Gasteiger partial charge in [-0.3, -0.25) is 4.79 Å². The maximum Gasteiger partial charge on any atom is 0.235 e. The van der Waals surface area contributed by atoms with Gasteiger partial charge in [-0.1, -0.05) is 19.1 Å². The largest absolute Gasteiger partial charge is 0.392 e. The van der Waals surface area contributed by atoms with E-state index in [1.54, 1.807) is 0 Å². The van der Waals surface area contributed by atoms with Crippen molar-refractivity contribution in [3.05, 3.63) is 0 Å². The van der Waals surface area contributed by atoms with Gasteiger partial charge < -0.3 is 10.6 Å². The number of rotatable bonds is 4. The fourth-order valence-corrected chi connectivity index (χ4v) is 3.28. The van der Waals surface area contributed by atoms with Gasteiger partial charge in [-0.25, -0.2) is 0 Å². The molecule has 0 saturated heterocycles. The van der Waals surface area contributed by atoms with Crippen molar-refractivity contribution in [2.75, 3.05) is 7.05 Å². The number of hydrogen-bond donors (Lipinski definition) is 1. The van der Waals surface area contributed by atoms with Gasteiger partial charge in [-0.05, 0) is 44.4 Å². The quantitative estimate of drug-likeness (QED) is 0.780. The molecular weight excluding hydrogens is 232 g/mol. The van der Waals surface area contributed by atoms with Gasteiger partial charge in [-0.15, -0.1) is 0 Å². The Labute approximate surface area is 109 Å². The van der Waals surface area contributed by atoms with Crippen molar-refractivity contribution in [2.24, 2.45) is 23.0 Å². The molecule has 3 nitrogen and oxygen atoms in total. The summed E-state index contributed by atoms with van der Waals surface area (Å²) in [5, 5.41) is 0. The highest BCUT2D eigenvalue weighted by atomic mass is 32.1. The first-order valence-electron chi connectivity index (χ1n) is 6.45. The zero-order valence-corrected chi connectivity index (χ0v) is 11.7. The van der Waals surface area contributed by atoms with Crippen LogP contribution in [0.5, 0.6) is 0 Å². The minimum absolute atomic E-state index is 0.141. The van der Waals surface area contributed by atoms with E-state index in [1.165, 1.54) is 12.8 Å². The highest BCUT2D eigenvalue weighted by Gasteiger charge is 2.53. The van der Waals surface area contributed by atoms with Crippen LogP contribution in [0.3, 0.4) is 0 Å². The van der Waals surface area contributed by atoms with Crippen molar-refractivity contribution in [3.8, 4) is 0 Å². The van der Waals surface area contributed by atoms with Crippen LogP contribution in [-0.4, -0.2) is 28.9 Å². The maximum atomic E-state index is 12.6. The molecule has 2 saturated carbocycles. The second-order valence-electron chi connectivity index (χ2n) is 5.95. The van der Waals surface area contributed by atoms with Crippen molar-refractivity contribution >= 4 is 23.1 Å². The molecule has 0 bridgehead atoms. The predicted molar refractivity (Wildman–Crippen MR) is 72.6 cm³/mol. The van der Waals surface area contributed by atoms with Gasteiger partial charge in [0.15, 0.2) is 0 Å². The van der Waals surface area contributed by atoms with Gasteiger partial charge in [0, 0.05) is 13.1 Å². The Morgan fingerprint density at radius 3 is 2.35 bits per heavy atom. The lowest BCUT2D eigenvalue weighted by Crippen LogP contribution is -2.57. The molecule has 1 unspecified atom stereocenters. The second-order valence-corrected chi connectivity index (χ2v) is 6.39. The Hall–Kier alpha value is -0.640. The van der Waals surface area contributed by atoms with Gasteiger partial charge in [0.1, 0.15) is 0 Å². The number of nitrogens with zero attached hydrogens (tertiary/aromatic N) is 1.